The maximum absolute atomic E-state index is 13.0. The van der Waals surface area contributed by atoms with Crippen LogP contribution in [0.25, 0.3) is 0 Å². The van der Waals surface area contributed by atoms with Crippen LogP contribution in [0.3, 0.4) is 0 Å². The van der Waals surface area contributed by atoms with E-state index >= 15 is 0 Å². The Morgan fingerprint density at radius 2 is 1.91 bits per heavy atom. The lowest BCUT2D eigenvalue weighted by atomic mass is 10.0. The first-order valence-corrected chi connectivity index (χ1v) is 10.7. The third-order valence-corrected chi connectivity index (χ3v) is 5.69. The van der Waals surface area contributed by atoms with Gasteiger partial charge in [0.2, 0.25) is 0 Å². The van der Waals surface area contributed by atoms with E-state index in [0.717, 1.165) is 24.2 Å². The van der Waals surface area contributed by atoms with E-state index < -0.39 is 6.09 Å². The largest absolute Gasteiger partial charge is 0.493 e. The molecule has 33 heavy (non-hydrogen) atoms. The van der Waals surface area contributed by atoms with E-state index in [0.29, 0.717) is 23.4 Å². The van der Waals surface area contributed by atoms with Crippen LogP contribution in [-0.4, -0.2) is 35.3 Å². The number of hydrogen-bond acceptors (Lipinski definition) is 5. The van der Waals surface area contributed by atoms with Gasteiger partial charge < -0.3 is 14.6 Å². The van der Waals surface area contributed by atoms with Gasteiger partial charge in [0.05, 0.1) is 19.3 Å². The summed E-state index contributed by atoms with van der Waals surface area (Å²) in [4.78, 5) is 23.9. The molecule has 2 aromatic carbocycles. The minimum Gasteiger partial charge on any atom is -0.493 e. The third-order valence-electron chi connectivity index (χ3n) is 5.69. The molecule has 8 nitrogen and oxygen atoms in total. The van der Waals surface area contributed by atoms with Crippen LogP contribution in [0.2, 0.25) is 0 Å². The van der Waals surface area contributed by atoms with Crippen LogP contribution in [0.1, 0.15) is 54.1 Å². The number of nitrogens with zero attached hydrogens (tertiary/aromatic N) is 1. The van der Waals surface area contributed by atoms with Crippen molar-refractivity contribution in [2.75, 3.05) is 12.4 Å². The number of hydrazine groups is 1. The van der Waals surface area contributed by atoms with Gasteiger partial charge in [0.25, 0.3) is 5.91 Å². The molecule has 176 valence electrons. The number of carbonyl (C=O) groups excluding carboxylic acids is 1. The van der Waals surface area contributed by atoms with E-state index in [1.807, 2.05) is 24.3 Å². The number of anilines is 1. The summed E-state index contributed by atoms with van der Waals surface area (Å²) in [6.45, 7) is 0. The highest BCUT2D eigenvalue weighted by Crippen LogP contribution is 2.35. The molecule has 1 atom stereocenters. The van der Waals surface area contributed by atoms with E-state index in [9.17, 15) is 9.59 Å². The van der Waals surface area contributed by atoms with Gasteiger partial charge in [-0.3, -0.25) is 10.1 Å². The molecule has 0 aromatic heterocycles. The van der Waals surface area contributed by atoms with Crippen LogP contribution in [-0.2, 0) is 0 Å². The third kappa shape index (κ3) is 5.97. The highest BCUT2D eigenvalue weighted by molar-refractivity contribution is 5.96. The highest BCUT2D eigenvalue weighted by Gasteiger charge is 2.24. The number of methoxy groups -OCH3 is 1. The molecule has 1 aliphatic carbocycles. The zero-order valence-corrected chi connectivity index (χ0v) is 19.1. The predicted molar refractivity (Wildman–Crippen MR) is 127 cm³/mol. The van der Waals surface area contributed by atoms with E-state index in [1.54, 1.807) is 31.5 Å². The van der Waals surface area contributed by atoms with E-state index in [-0.39, 0.29) is 30.5 Å². The van der Waals surface area contributed by atoms with E-state index in [1.165, 1.54) is 23.9 Å². The summed E-state index contributed by atoms with van der Waals surface area (Å²) in [7, 11) is 1.63. The van der Waals surface area contributed by atoms with Crippen LogP contribution in [0.4, 0.5) is 10.5 Å². The van der Waals surface area contributed by atoms with Gasteiger partial charge in [0, 0.05) is 17.5 Å². The zero-order valence-electron chi connectivity index (χ0n) is 18.3. The lowest BCUT2D eigenvalue weighted by molar-refractivity contribution is 0.0713. The Morgan fingerprint density at radius 1 is 1.12 bits per heavy atom. The molecule has 1 unspecified atom stereocenters. The molecule has 0 bridgehead atoms. The number of ether oxygens (including phenoxy) is 2. The smallest absolute Gasteiger partial charge is 0.409 e. The standard InChI is InChI=1S/C24H27N3O5.ClH/c1-31-21-12-11-16(15-22(21)32-19-8-2-3-9-19)20-10-5-13-27(26-20)23(28)17-6-4-7-18(14-17)25-24(29)30;/h4-7,11-15,19-20,25-26H,2-3,8-10H2,1H3,(H,29,30);1H. The summed E-state index contributed by atoms with van der Waals surface area (Å²) in [5, 5.41) is 12.6. The molecule has 1 heterocycles. The number of amides is 2. The monoisotopic (exact) mass is 473 g/mol. The van der Waals surface area contributed by atoms with Crippen molar-refractivity contribution in [3.05, 3.63) is 65.9 Å². The second-order valence-electron chi connectivity index (χ2n) is 7.92. The lowest BCUT2D eigenvalue weighted by Crippen LogP contribution is -2.43. The molecule has 9 heteroatoms. The fourth-order valence-corrected chi connectivity index (χ4v) is 4.08. The fraction of sp³-hybridized carbons (Fsp3) is 0.333. The predicted octanol–water partition coefficient (Wildman–Crippen LogP) is 5.13. The first kappa shape index (κ1) is 24.4. The minimum atomic E-state index is -1.18. The molecular weight excluding hydrogens is 446 g/mol. The summed E-state index contributed by atoms with van der Waals surface area (Å²) in [6, 6.07) is 12.1. The van der Waals surface area contributed by atoms with Gasteiger partial charge in [0.15, 0.2) is 11.5 Å². The van der Waals surface area contributed by atoms with Gasteiger partial charge in [-0.25, -0.2) is 15.2 Å². The van der Waals surface area contributed by atoms with Crippen LogP contribution in [0.5, 0.6) is 11.5 Å². The average molecular weight is 474 g/mol. The molecule has 0 spiro atoms. The van der Waals surface area contributed by atoms with Crippen LogP contribution in [0.15, 0.2) is 54.7 Å². The van der Waals surface area contributed by atoms with Gasteiger partial charge in [-0.2, -0.15) is 0 Å². The number of benzene rings is 2. The topological polar surface area (TPSA) is 100 Å². The molecule has 4 rings (SSSR count). The Bertz CT molecular complexity index is 1020. The molecule has 0 radical (unpaired) electrons. The molecule has 1 fully saturated rings. The first-order valence-electron chi connectivity index (χ1n) is 10.7. The Morgan fingerprint density at radius 3 is 2.64 bits per heavy atom. The number of carboxylic acid groups (broad SMARTS) is 1. The normalized spacial score (nSPS) is 17.8. The molecular formula is C24H28ClN3O5. The highest BCUT2D eigenvalue weighted by atomic mass is 35.5. The van der Waals surface area contributed by atoms with Crippen molar-refractivity contribution in [2.45, 2.75) is 44.2 Å². The molecule has 2 aromatic rings. The van der Waals surface area contributed by atoms with Crippen LogP contribution < -0.4 is 20.2 Å². The Balaban J connectivity index is 0.00000306. The van der Waals surface area contributed by atoms with Crippen LogP contribution in [0, 0.1) is 0 Å². The Hall–Kier alpha value is -3.23. The van der Waals surface area contributed by atoms with Crippen molar-refractivity contribution < 1.29 is 24.2 Å². The van der Waals surface area contributed by atoms with Gasteiger partial charge in [-0.15, -0.1) is 12.4 Å². The van der Waals surface area contributed by atoms with E-state index in [4.69, 9.17) is 14.6 Å². The summed E-state index contributed by atoms with van der Waals surface area (Å²) in [5.74, 6) is 1.14. The average Bonchev–Trinajstić information content (AvgIpc) is 3.31. The Kier molecular flexibility index (Phi) is 8.19. The lowest BCUT2D eigenvalue weighted by Gasteiger charge is -2.30. The molecule has 0 saturated heterocycles. The van der Waals surface area contributed by atoms with Crippen molar-refractivity contribution in [1.29, 1.82) is 0 Å². The number of rotatable bonds is 6. The summed E-state index contributed by atoms with van der Waals surface area (Å²) in [5.41, 5.74) is 4.95. The number of carbonyl (C=O) groups is 2. The van der Waals surface area contributed by atoms with Crippen molar-refractivity contribution in [3.63, 3.8) is 0 Å². The molecule has 2 amide bonds. The maximum Gasteiger partial charge on any atom is 0.409 e. The quantitative estimate of drug-likeness (QED) is 0.537. The molecule has 1 aliphatic heterocycles. The second-order valence-corrected chi connectivity index (χ2v) is 7.92. The SMILES string of the molecule is COc1ccc(C2CC=CN(C(=O)c3cccc(NC(=O)O)c3)N2)cc1OC1CCCC1.Cl. The maximum atomic E-state index is 13.0. The second kappa shape index (κ2) is 11.1. The van der Waals surface area contributed by atoms with Crippen LogP contribution >= 0.6 is 12.4 Å². The van der Waals surface area contributed by atoms with Crippen molar-refractivity contribution >= 4 is 30.1 Å². The van der Waals surface area contributed by atoms with Crippen molar-refractivity contribution in [3.8, 4) is 11.5 Å². The molecule has 1 saturated carbocycles. The first-order chi connectivity index (χ1) is 15.5. The summed E-state index contributed by atoms with van der Waals surface area (Å²) < 4.78 is 11.7. The number of hydrogen-bond donors (Lipinski definition) is 3. The Labute approximate surface area is 198 Å². The van der Waals surface area contributed by atoms with Gasteiger partial charge >= 0.3 is 6.09 Å². The minimum absolute atomic E-state index is 0. The van der Waals surface area contributed by atoms with Gasteiger partial charge in [-0.1, -0.05) is 18.2 Å². The van der Waals surface area contributed by atoms with Crippen molar-refractivity contribution in [2.24, 2.45) is 0 Å². The molecule has 2 aliphatic rings. The summed E-state index contributed by atoms with van der Waals surface area (Å²) >= 11 is 0. The zero-order chi connectivity index (χ0) is 22.5. The number of nitrogens with one attached hydrogen (secondary N) is 2. The summed E-state index contributed by atoms with van der Waals surface area (Å²) in [6.07, 6.45) is 7.83. The van der Waals surface area contributed by atoms with E-state index in [2.05, 4.69) is 10.7 Å². The van der Waals surface area contributed by atoms with Crippen molar-refractivity contribution in [1.82, 2.24) is 10.4 Å². The number of halogens is 1. The molecule has 3 N–H and O–H groups in total. The van der Waals surface area contributed by atoms with Gasteiger partial charge in [-0.05, 0) is 68.0 Å². The van der Waals surface area contributed by atoms with Gasteiger partial charge in [0.1, 0.15) is 0 Å². The fourth-order valence-electron chi connectivity index (χ4n) is 4.08.